The van der Waals surface area contributed by atoms with E-state index in [0.29, 0.717) is 12.1 Å². The van der Waals surface area contributed by atoms with E-state index < -0.39 is 24.0 Å². The number of anilines is 1. The normalized spacial score (nSPS) is 12.8. The van der Waals surface area contributed by atoms with Crippen LogP contribution in [0.25, 0.3) is 10.8 Å². The molecule has 0 aliphatic carbocycles. The summed E-state index contributed by atoms with van der Waals surface area (Å²) in [5, 5.41) is 15.9. The Labute approximate surface area is 178 Å². The van der Waals surface area contributed by atoms with Crippen LogP contribution in [0, 0.1) is 0 Å². The molecule has 31 heavy (non-hydrogen) atoms. The number of esters is 1. The topological polar surface area (TPSA) is 99.0 Å². The molecule has 2 atom stereocenters. The van der Waals surface area contributed by atoms with Crippen molar-refractivity contribution >= 4 is 28.3 Å². The van der Waals surface area contributed by atoms with E-state index in [1.54, 1.807) is 0 Å². The van der Waals surface area contributed by atoms with Crippen molar-refractivity contribution in [3.63, 3.8) is 0 Å². The van der Waals surface area contributed by atoms with Gasteiger partial charge >= 0.3 is 5.97 Å². The molecule has 0 unspecified atom stereocenters. The van der Waals surface area contributed by atoms with Crippen LogP contribution in [0.1, 0.15) is 18.5 Å². The average molecular weight is 415 g/mol. The summed E-state index contributed by atoms with van der Waals surface area (Å²) < 4.78 is 6.80. The van der Waals surface area contributed by atoms with Gasteiger partial charge in [0.05, 0.1) is 0 Å². The van der Waals surface area contributed by atoms with Crippen molar-refractivity contribution in [3.05, 3.63) is 84.7 Å². The monoisotopic (exact) mass is 415 g/mol. The van der Waals surface area contributed by atoms with Gasteiger partial charge in [0.25, 0.3) is 5.91 Å². The first-order valence-corrected chi connectivity index (χ1v) is 9.87. The fraction of sp³-hybridized carbons (Fsp3) is 0.174. The lowest BCUT2D eigenvalue weighted by Crippen LogP contribution is -2.34. The highest BCUT2D eigenvalue weighted by molar-refractivity contribution is 5.97. The summed E-state index contributed by atoms with van der Waals surface area (Å²) in [5.74, 6) is -1.00. The van der Waals surface area contributed by atoms with Gasteiger partial charge in [-0.2, -0.15) is 0 Å². The molecular weight excluding hydrogens is 394 g/mol. The molecule has 0 aliphatic heterocycles. The van der Waals surface area contributed by atoms with E-state index in [1.165, 1.54) is 17.9 Å². The van der Waals surface area contributed by atoms with E-state index in [2.05, 4.69) is 20.8 Å². The highest BCUT2D eigenvalue weighted by atomic mass is 16.5. The molecule has 1 N–H and O–H groups in total. The third-order valence-corrected chi connectivity index (χ3v) is 4.91. The summed E-state index contributed by atoms with van der Waals surface area (Å²) >= 11 is 0. The van der Waals surface area contributed by atoms with Gasteiger partial charge in [-0.15, -0.1) is 5.10 Å². The zero-order chi connectivity index (χ0) is 21.6. The molecule has 0 spiro atoms. The maximum Gasteiger partial charge on any atom is 0.332 e. The Morgan fingerprint density at radius 3 is 2.48 bits per heavy atom. The van der Waals surface area contributed by atoms with E-state index >= 15 is 0 Å². The van der Waals surface area contributed by atoms with Crippen molar-refractivity contribution in [1.82, 2.24) is 20.2 Å². The Morgan fingerprint density at radius 1 is 1.00 bits per heavy atom. The van der Waals surface area contributed by atoms with Crippen LogP contribution in [-0.4, -0.2) is 38.2 Å². The molecule has 0 fully saturated rings. The maximum atomic E-state index is 12.9. The Hall–Kier alpha value is -4.07. The molecule has 0 bridgehead atoms. The zero-order valence-electron chi connectivity index (χ0n) is 16.9. The molecule has 4 aromatic rings. The van der Waals surface area contributed by atoms with Crippen molar-refractivity contribution in [2.45, 2.75) is 25.5 Å². The molecule has 0 saturated heterocycles. The van der Waals surface area contributed by atoms with Gasteiger partial charge in [-0.1, -0.05) is 60.7 Å². The molecular formula is C23H21N5O3. The smallest absolute Gasteiger partial charge is 0.332 e. The second-order valence-corrected chi connectivity index (χ2v) is 7.13. The summed E-state index contributed by atoms with van der Waals surface area (Å²) in [6.45, 7) is 1.54. The lowest BCUT2D eigenvalue weighted by molar-refractivity contribution is -0.156. The molecule has 4 rings (SSSR count). The molecule has 8 heteroatoms. The predicted molar refractivity (Wildman–Crippen MR) is 115 cm³/mol. The molecule has 0 radical (unpaired) electrons. The van der Waals surface area contributed by atoms with Crippen molar-refractivity contribution in [2.24, 2.45) is 0 Å². The Kier molecular flexibility index (Phi) is 5.98. The molecule has 156 valence electrons. The van der Waals surface area contributed by atoms with Gasteiger partial charge in [0.15, 0.2) is 12.1 Å². The SMILES string of the molecule is C[C@H](OC(=O)[C@@H](Cc1ccccc1)n1cnnn1)C(=O)Nc1ccc2ccccc2c1. The molecule has 1 heterocycles. The number of nitrogens with one attached hydrogen (secondary N) is 1. The van der Waals surface area contributed by atoms with Gasteiger partial charge in [-0.05, 0) is 45.8 Å². The minimum absolute atomic E-state index is 0.337. The minimum Gasteiger partial charge on any atom is -0.451 e. The number of hydrogen-bond donors (Lipinski definition) is 1. The largest absolute Gasteiger partial charge is 0.451 e. The fourth-order valence-corrected chi connectivity index (χ4v) is 3.25. The Bertz CT molecular complexity index is 1180. The van der Waals surface area contributed by atoms with Crippen LogP contribution < -0.4 is 5.32 Å². The second-order valence-electron chi connectivity index (χ2n) is 7.13. The number of amides is 1. The molecule has 1 aromatic heterocycles. The summed E-state index contributed by atoms with van der Waals surface area (Å²) in [5.41, 5.74) is 1.56. The minimum atomic E-state index is -0.992. The van der Waals surface area contributed by atoms with Gasteiger partial charge in [0, 0.05) is 12.1 Å². The van der Waals surface area contributed by atoms with Crippen LogP contribution in [-0.2, 0) is 20.7 Å². The highest BCUT2D eigenvalue weighted by Gasteiger charge is 2.28. The molecule has 3 aromatic carbocycles. The third-order valence-electron chi connectivity index (χ3n) is 4.91. The van der Waals surface area contributed by atoms with Gasteiger partial charge in [-0.3, -0.25) is 4.79 Å². The maximum absolute atomic E-state index is 12.9. The number of rotatable bonds is 7. The van der Waals surface area contributed by atoms with Crippen molar-refractivity contribution in [2.75, 3.05) is 5.32 Å². The predicted octanol–water partition coefficient (Wildman–Crippen LogP) is 3.18. The van der Waals surface area contributed by atoms with E-state index in [-0.39, 0.29) is 0 Å². The van der Waals surface area contributed by atoms with Gasteiger partial charge in [0.1, 0.15) is 6.33 Å². The van der Waals surface area contributed by atoms with E-state index in [1.807, 2.05) is 72.8 Å². The summed E-state index contributed by atoms with van der Waals surface area (Å²) in [7, 11) is 0. The van der Waals surface area contributed by atoms with Crippen LogP contribution >= 0.6 is 0 Å². The number of benzene rings is 3. The quantitative estimate of drug-likeness (QED) is 0.466. The van der Waals surface area contributed by atoms with Crippen LogP contribution in [0.5, 0.6) is 0 Å². The number of aromatic nitrogens is 4. The van der Waals surface area contributed by atoms with Crippen molar-refractivity contribution < 1.29 is 14.3 Å². The van der Waals surface area contributed by atoms with E-state index in [4.69, 9.17) is 4.74 Å². The van der Waals surface area contributed by atoms with Crippen LogP contribution in [0.15, 0.2) is 79.1 Å². The zero-order valence-corrected chi connectivity index (χ0v) is 16.9. The Morgan fingerprint density at radius 2 is 1.74 bits per heavy atom. The number of carbonyl (C=O) groups is 2. The summed E-state index contributed by atoms with van der Waals surface area (Å²) in [6.07, 6.45) is 0.701. The Balaban J connectivity index is 1.44. The number of nitrogens with zero attached hydrogens (tertiary/aromatic N) is 4. The number of hydrogen-bond acceptors (Lipinski definition) is 6. The first kappa shape index (κ1) is 20.2. The first-order chi connectivity index (χ1) is 15.1. The number of carbonyl (C=O) groups excluding carboxylic acids is 2. The van der Waals surface area contributed by atoms with Crippen LogP contribution in [0.3, 0.4) is 0 Å². The summed E-state index contributed by atoms with van der Waals surface area (Å²) in [6, 6.07) is 22.2. The lowest BCUT2D eigenvalue weighted by Gasteiger charge is -2.19. The highest BCUT2D eigenvalue weighted by Crippen LogP contribution is 2.20. The molecule has 0 aliphatic rings. The molecule has 1 amide bonds. The average Bonchev–Trinajstić information content (AvgIpc) is 3.32. The van der Waals surface area contributed by atoms with E-state index in [0.717, 1.165) is 16.3 Å². The standard InChI is InChI=1S/C23H21N5O3/c1-16(22(29)25-20-12-11-18-9-5-6-10-19(18)14-20)31-23(30)21(28-15-24-26-27-28)13-17-7-3-2-4-8-17/h2-12,14-16,21H,13H2,1H3,(H,25,29)/t16-,21+/m0/s1. The van der Waals surface area contributed by atoms with E-state index in [9.17, 15) is 9.59 Å². The van der Waals surface area contributed by atoms with Crippen LogP contribution in [0.4, 0.5) is 5.69 Å². The number of fused-ring (bicyclic) bond motifs is 1. The van der Waals surface area contributed by atoms with Crippen LogP contribution in [0.2, 0.25) is 0 Å². The summed E-state index contributed by atoms with van der Waals surface area (Å²) in [4.78, 5) is 25.5. The first-order valence-electron chi connectivity index (χ1n) is 9.87. The van der Waals surface area contributed by atoms with Crippen molar-refractivity contribution in [1.29, 1.82) is 0 Å². The number of tetrazole rings is 1. The van der Waals surface area contributed by atoms with Crippen molar-refractivity contribution in [3.8, 4) is 0 Å². The third kappa shape index (κ3) is 4.92. The van der Waals surface area contributed by atoms with Gasteiger partial charge in [-0.25, -0.2) is 9.48 Å². The van der Waals surface area contributed by atoms with Gasteiger partial charge < -0.3 is 10.1 Å². The number of ether oxygens (including phenoxy) is 1. The van der Waals surface area contributed by atoms with Gasteiger partial charge in [0.2, 0.25) is 0 Å². The molecule has 8 nitrogen and oxygen atoms in total. The second kappa shape index (κ2) is 9.17. The molecule has 0 saturated carbocycles. The lowest BCUT2D eigenvalue weighted by atomic mass is 10.1. The fourth-order valence-electron chi connectivity index (χ4n) is 3.25.